The lowest BCUT2D eigenvalue weighted by Crippen LogP contribution is -2.23. The highest BCUT2D eigenvalue weighted by Gasteiger charge is 2.20. The summed E-state index contributed by atoms with van der Waals surface area (Å²) in [7, 11) is -3.93. The van der Waals surface area contributed by atoms with Gasteiger partial charge < -0.3 is 10.1 Å². The lowest BCUT2D eigenvalue weighted by Gasteiger charge is -2.07. The summed E-state index contributed by atoms with van der Waals surface area (Å²) in [5.41, 5.74) is 0.232. The van der Waals surface area contributed by atoms with Crippen LogP contribution in [0.25, 0.3) is 11.0 Å². The number of nitrogens with zero attached hydrogens (tertiary/aromatic N) is 1. The third-order valence-corrected chi connectivity index (χ3v) is 4.89. The van der Waals surface area contributed by atoms with Gasteiger partial charge in [0.2, 0.25) is 10.0 Å². The summed E-state index contributed by atoms with van der Waals surface area (Å²) >= 11 is 0. The van der Waals surface area contributed by atoms with Gasteiger partial charge in [-0.2, -0.15) is 0 Å². The van der Waals surface area contributed by atoms with E-state index < -0.39 is 21.8 Å². The van der Waals surface area contributed by atoms with Gasteiger partial charge >= 0.3 is 5.97 Å². The number of fused-ring (bicyclic) bond motifs is 1. The van der Waals surface area contributed by atoms with E-state index in [-0.39, 0.29) is 22.6 Å². The van der Waals surface area contributed by atoms with Gasteiger partial charge in [-0.1, -0.05) is 0 Å². The SMILES string of the molecule is O=C(O)c1ccc(F)c(CNS(=O)(=O)c2c[nH]c3ncccc23)c1. The number of halogens is 1. The van der Waals surface area contributed by atoms with Gasteiger partial charge in [0.1, 0.15) is 16.4 Å². The zero-order valence-electron chi connectivity index (χ0n) is 12.2. The van der Waals surface area contributed by atoms with Gasteiger partial charge in [-0.05, 0) is 30.3 Å². The monoisotopic (exact) mass is 349 g/mol. The average Bonchev–Trinajstić information content (AvgIpc) is 2.99. The molecule has 3 aromatic rings. The molecule has 9 heteroatoms. The van der Waals surface area contributed by atoms with Crippen LogP contribution in [0, 0.1) is 5.82 Å². The first-order valence-electron chi connectivity index (χ1n) is 6.82. The van der Waals surface area contributed by atoms with Crippen LogP contribution in [0.1, 0.15) is 15.9 Å². The molecule has 3 N–H and O–H groups in total. The molecule has 0 spiro atoms. The van der Waals surface area contributed by atoms with Gasteiger partial charge in [-0.25, -0.2) is 27.3 Å². The van der Waals surface area contributed by atoms with E-state index in [1.807, 2.05) is 0 Å². The van der Waals surface area contributed by atoms with E-state index in [1.165, 1.54) is 12.4 Å². The first-order valence-corrected chi connectivity index (χ1v) is 8.30. The van der Waals surface area contributed by atoms with Gasteiger partial charge in [-0.15, -0.1) is 0 Å². The number of hydrogen-bond donors (Lipinski definition) is 3. The van der Waals surface area contributed by atoms with Crippen LogP contribution in [0.5, 0.6) is 0 Å². The van der Waals surface area contributed by atoms with Crippen LogP contribution in [-0.4, -0.2) is 29.5 Å². The van der Waals surface area contributed by atoms with Crippen molar-refractivity contribution in [3.63, 3.8) is 0 Å². The van der Waals surface area contributed by atoms with E-state index in [1.54, 1.807) is 12.1 Å². The summed E-state index contributed by atoms with van der Waals surface area (Å²) in [6.45, 7) is -0.373. The molecule has 3 rings (SSSR count). The molecule has 0 aliphatic heterocycles. The first-order chi connectivity index (χ1) is 11.4. The maximum absolute atomic E-state index is 13.8. The number of carboxylic acids is 1. The fraction of sp³-hybridized carbons (Fsp3) is 0.0667. The minimum absolute atomic E-state index is 0.0135. The zero-order chi connectivity index (χ0) is 17.3. The summed E-state index contributed by atoms with van der Waals surface area (Å²) in [5, 5.41) is 9.33. The Morgan fingerprint density at radius 1 is 1.33 bits per heavy atom. The largest absolute Gasteiger partial charge is 0.478 e. The van der Waals surface area contributed by atoms with Crippen molar-refractivity contribution in [2.45, 2.75) is 11.4 Å². The fourth-order valence-electron chi connectivity index (χ4n) is 2.25. The normalized spacial score (nSPS) is 11.7. The highest BCUT2D eigenvalue weighted by atomic mass is 32.2. The molecule has 1 aromatic carbocycles. The number of pyridine rings is 1. The average molecular weight is 349 g/mol. The summed E-state index contributed by atoms with van der Waals surface area (Å²) in [5.74, 6) is -1.91. The molecule has 0 saturated heterocycles. The van der Waals surface area contributed by atoms with Gasteiger partial charge in [0.25, 0.3) is 0 Å². The molecule has 7 nitrogen and oxygen atoms in total. The highest BCUT2D eigenvalue weighted by Crippen LogP contribution is 2.21. The summed E-state index contributed by atoms with van der Waals surface area (Å²) in [4.78, 5) is 17.7. The topological polar surface area (TPSA) is 112 Å². The minimum Gasteiger partial charge on any atom is -0.478 e. The molecule has 24 heavy (non-hydrogen) atoms. The quantitative estimate of drug-likeness (QED) is 0.651. The summed E-state index contributed by atoms with van der Waals surface area (Å²) in [6.07, 6.45) is 2.82. The van der Waals surface area contributed by atoms with Gasteiger partial charge in [0.05, 0.1) is 5.56 Å². The number of aromatic nitrogens is 2. The molecule has 124 valence electrons. The maximum Gasteiger partial charge on any atom is 0.335 e. The van der Waals surface area contributed by atoms with Crippen LogP contribution in [0.2, 0.25) is 0 Å². The number of carboxylic acid groups (broad SMARTS) is 1. The fourth-order valence-corrected chi connectivity index (χ4v) is 3.42. The van der Waals surface area contributed by atoms with Crippen molar-refractivity contribution in [2.75, 3.05) is 0 Å². The maximum atomic E-state index is 13.8. The van der Waals surface area contributed by atoms with Crippen LogP contribution in [-0.2, 0) is 16.6 Å². The van der Waals surface area contributed by atoms with Gasteiger partial charge in [0.15, 0.2) is 0 Å². The van der Waals surface area contributed by atoms with Gasteiger partial charge in [-0.3, -0.25) is 0 Å². The Morgan fingerprint density at radius 3 is 2.88 bits per heavy atom. The highest BCUT2D eigenvalue weighted by molar-refractivity contribution is 7.89. The summed E-state index contributed by atoms with van der Waals surface area (Å²) in [6, 6.07) is 6.39. The van der Waals surface area contributed by atoms with Crippen LogP contribution in [0.4, 0.5) is 4.39 Å². The molecule has 0 bridgehead atoms. The Morgan fingerprint density at radius 2 is 2.12 bits per heavy atom. The number of carbonyl (C=O) groups is 1. The molecule has 0 amide bonds. The van der Waals surface area contributed by atoms with E-state index >= 15 is 0 Å². The van der Waals surface area contributed by atoms with Crippen molar-refractivity contribution in [2.24, 2.45) is 0 Å². The molecule has 2 heterocycles. The number of benzene rings is 1. The van der Waals surface area contributed by atoms with Crippen LogP contribution >= 0.6 is 0 Å². The van der Waals surface area contributed by atoms with Crippen molar-refractivity contribution in [1.82, 2.24) is 14.7 Å². The van der Waals surface area contributed by atoms with Crippen molar-refractivity contribution >= 4 is 27.0 Å². The molecule has 0 saturated carbocycles. The predicted octanol–water partition coefficient (Wildman–Crippen LogP) is 1.88. The van der Waals surface area contributed by atoms with E-state index in [0.717, 1.165) is 18.2 Å². The Hall–Kier alpha value is -2.78. The molecular weight excluding hydrogens is 337 g/mol. The third-order valence-electron chi connectivity index (χ3n) is 3.45. The van der Waals surface area contributed by atoms with E-state index in [0.29, 0.717) is 11.0 Å². The molecule has 2 aromatic heterocycles. The predicted molar refractivity (Wildman–Crippen MR) is 83.5 cm³/mol. The second-order valence-electron chi connectivity index (χ2n) is 4.99. The lowest BCUT2D eigenvalue weighted by molar-refractivity contribution is 0.0696. The molecule has 0 unspecified atom stereocenters. The molecular formula is C15H12FN3O4S. The Kier molecular flexibility index (Phi) is 4.04. The number of aromatic carboxylic acids is 1. The number of sulfonamides is 1. The number of nitrogens with one attached hydrogen (secondary N) is 2. The van der Waals surface area contributed by atoms with Crippen LogP contribution < -0.4 is 4.72 Å². The smallest absolute Gasteiger partial charge is 0.335 e. The second kappa shape index (κ2) is 6.02. The molecule has 0 radical (unpaired) electrons. The Bertz CT molecular complexity index is 1030. The van der Waals surface area contributed by atoms with Crippen LogP contribution in [0.3, 0.4) is 0 Å². The molecule has 0 aliphatic carbocycles. The van der Waals surface area contributed by atoms with E-state index in [2.05, 4.69) is 14.7 Å². The molecule has 0 fully saturated rings. The number of aromatic amines is 1. The first kappa shape index (κ1) is 16.1. The Balaban J connectivity index is 1.88. The van der Waals surface area contributed by atoms with E-state index in [4.69, 9.17) is 5.11 Å². The third kappa shape index (κ3) is 2.99. The van der Waals surface area contributed by atoms with E-state index in [9.17, 15) is 17.6 Å². The van der Waals surface area contributed by atoms with Crippen molar-refractivity contribution < 1.29 is 22.7 Å². The Labute approximate surface area is 136 Å². The minimum atomic E-state index is -3.93. The molecule has 0 aliphatic rings. The second-order valence-corrected chi connectivity index (χ2v) is 6.72. The standard InChI is InChI=1S/C15H12FN3O4S/c16-12-4-3-9(15(20)21)6-10(12)7-19-24(22,23)13-8-18-14-11(13)2-1-5-17-14/h1-6,8,19H,7H2,(H,17,18)(H,20,21). The number of rotatable bonds is 5. The number of hydrogen-bond acceptors (Lipinski definition) is 4. The van der Waals surface area contributed by atoms with Crippen molar-refractivity contribution in [3.8, 4) is 0 Å². The van der Waals surface area contributed by atoms with Crippen LogP contribution in [0.15, 0.2) is 47.6 Å². The van der Waals surface area contributed by atoms with Gasteiger partial charge in [0, 0.05) is 29.9 Å². The van der Waals surface area contributed by atoms with Crippen molar-refractivity contribution in [3.05, 3.63) is 59.7 Å². The molecule has 0 atom stereocenters. The lowest BCUT2D eigenvalue weighted by atomic mass is 10.1. The number of H-pyrrole nitrogens is 1. The van der Waals surface area contributed by atoms with Crippen molar-refractivity contribution in [1.29, 1.82) is 0 Å². The zero-order valence-corrected chi connectivity index (χ0v) is 13.0. The summed E-state index contributed by atoms with van der Waals surface area (Å²) < 4.78 is 40.9.